The number of halogens is 3. The lowest BCUT2D eigenvalue weighted by Gasteiger charge is -2.48. The molecule has 0 spiro atoms. The average molecular weight is 373 g/mol. The topological polar surface area (TPSA) is 45.1 Å². The van der Waals surface area contributed by atoms with Crippen LogP contribution in [0.2, 0.25) is 0 Å². The van der Waals surface area contributed by atoms with Gasteiger partial charge in [0.1, 0.15) is 11.0 Å². The summed E-state index contributed by atoms with van der Waals surface area (Å²) in [6.07, 6.45) is -4.16. The van der Waals surface area contributed by atoms with Gasteiger partial charge in [0.2, 0.25) is 0 Å². The molecule has 1 atom stereocenters. The molecular formula is C16H18F3N3O2S. The highest BCUT2D eigenvalue weighted by Gasteiger charge is 2.47. The van der Waals surface area contributed by atoms with Gasteiger partial charge in [-0.1, -0.05) is 0 Å². The minimum atomic E-state index is -4.76. The molecule has 0 N–H and O–H groups in total. The molecule has 2 aliphatic rings. The van der Waals surface area contributed by atoms with Crippen LogP contribution in [-0.4, -0.2) is 52.9 Å². The number of rotatable bonds is 2. The summed E-state index contributed by atoms with van der Waals surface area (Å²) in [7, 11) is 3.58. The fraction of sp³-hybridized carbons (Fsp3) is 0.500. The second-order valence-electron chi connectivity index (χ2n) is 6.76. The number of hydrogen-bond acceptors (Lipinski definition) is 5. The summed E-state index contributed by atoms with van der Waals surface area (Å²) >= 11 is 1.22. The van der Waals surface area contributed by atoms with Crippen LogP contribution in [0.5, 0.6) is 5.75 Å². The van der Waals surface area contributed by atoms with Crippen molar-refractivity contribution in [2.24, 2.45) is 4.99 Å². The van der Waals surface area contributed by atoms with Crippen molar-refractivity contribution in [3.8, 4) is 5.75 Å². The van der Waals surface area contributed by atoms with Gasteiger partial charge in [0.25, 0.3) is 5.91 Å². The first-order valence-corrected chi connectivity index (χ1v) is 8.51. The zero-order chi connectivity index (χ0) is 18.6. The number of alkyl halides is 3. The van der Waals surface area contributed by atoms with Crippen LogP contribution in [0.25, 0.3) is 0 Å². The van der Waals surface area contributed by atoms with Crippen LogP contribution >= 0.6 is 11.8 Å². The SMILES string of the molecule is CN(C)N1C(=O)C2Sc3cc(OC(F)(F)F)ccc3N=C2CC1(C)C. The van der Waals surface area contributed by atoms with E-state index in [1.807, 2.05) is 13.8 Å². The van der Waals surface area contributed by atoms with E-state index >= 15 is 0 Å². The number of amides is 1. The van der Waals surface area contributed by atoms with Crippen LogP contribution < -0.4 is 4.74 Å². The van der Waals surface area contributed by atoms with Gasteiger partial charge in [-0.3, -0.25) is 14.8 Å². The number of fused-ring (bicyclic) bond motifs is 2. The summed E-state index contributed by atoms with van der Waals surface area (Å²) in [5.41, 5.74) is 0.885. The number of carbonyl (C=O) groups excluding carboxylic acids is 1. The Morgan fingerprint density at radius 3 is 2.64 bits per heavy atom. The molecule has 0 aromatic heterocycles. The van der Waals surface area contributed by atoms with E-state index in [1.165, 1.54) is 30.0 Å². The summed E-state index contributed by atoms with van der Waals surface area (Å²) in [4.78, 5) is 18.0. The molecule has 1 aromatic carbocycles. The predicted octanol–water partition coefficient (Wildman–Crippen LogP) is 3.62. The van der Waals surface area contributed by atoms with Gasteiger partial charge < -0.3 is 4.74 Å². The van der Waals surface area contributed by atoms with Gasteiger partial charge in [0.05, 0.1) is 11.2 Å². The molecule has 1 fully saturated rings. The van der Waals surface area contributed by atoms with Crippen LogP contribution in [0.3, 0.4) is 0 Å². The van der Waals surface area contributed by atoms with Gasteiger partial charge in [-0.05, 0) is 32.0 Å². The van der Waals surface area contributed by atoms with Crippen LogP contribution in [0.15, 0.2) is 28.1 Å². The van der Waals surface area contributed by atoms with E-state index < -0.39 is 17.2 Å². The van der Waals surface area contributed by atoms with Gasteiger partial charge in [-0.2, -0.15) is 0 Å². The summed E-state index contributed by atoms with van der Waals surface area (Å²) < 4.78 is 41.2. The molecule has 0 aliphatic carbocycles. The number of benzene rings is 1. The third-order valence-corrected chi connectivity index (χ3v) is 5.29. The van der Waals surface area contributed by atoms with E-state index in [0.29, 0.717) is 17.0 Å². The molecule has 1 amide bonds. The van der Waals surface area contributed by atoms with Crippen molar-refractivity contribution >= 4 is 29.1 Å². The number of carbonyl (C=O) groups is 1. The number of ether oxygens (including phenoxy) is 1. The number of hydrazine groups is 1. The van der Waals surface area contributed by atoms with E-state index in [9.17, 15) is 18.0 Å². The van der Waals surface area contributed by atoms with Crippen molar-refractivity contribution < 1.29 is 22.7 Å². The summed E-state index contributed by atoms with van der Waals surface area (Å²) in [6.45, 7) is 3.92. The Labute approximate surface area is 147 Å². The highest BCUT2D eigenvalue weighted by Crippen LogP contribution is 2.45. The minimum absolute atomic E-state index is 0.127. The van der Waals surface area contributed by atoms with Crippen molar-refractivity contribution in [1.29, 1.82) is 0 Å². The first kappa shape index (κ1) is 18.1. The summed E-state index contributed by atoms with van der Waals surface area (Å²) in [5, 5.41) is 2.87. The van der Waals surface area contributed by atoms with Gasteiger partial charge in [-0.15, -0.1) is 24.9 Å². The van der Waals surface area contributed by atoms with Gasteiger partial charge >= 0.3 is 6.36 Å². The maximum atomic E-state index is 12.9. The summed E-state index contributed by atoms with van der Waals surface area (Å²) in [5.74, 6) is -0.441. The molecule has 136 valence electrons. The Bertz CT molecular complexity index is 747. The number of thioether (sulfide) groups is 1. The lowest BCUT2D eigenvalue weighted by atomic mass is 9.89. The fourth-order valence-corrected chi connectivity index (χ4v) is 4.42. The Kier molecular flexibility index (Phi) is 4.27. The molecule has 1 aromatic rings. The molecule has 0 saturated carbocycles. The Hall–Kier alpha value is -1.74. The number of piperidine rings is 1. The molecule has 2 heterocycles. The molecular weight excluding hydrogens is 355 g/mol. The van der Waals surface area contributed by atoms with E-state index in [0.717, 1.165) is 5.71 Å². The first-order chi connectivity index (χ1) is 11.5. The maximum Gasteiger partial charge on any atom is 0.573 e. The molecule has 2 aliphatic heterocycles. The van der Waals surface area contributed by atoms with Crippen molar-refractivity contribution in [3.05, 3.63) is 18.2 Å². The lowest BCUT2D eigenvalue weighted by molar-refractivity contribution is -0.274. The molecule has 25 heavy (non-hydrogen) atoms. The predicted molar refractivity (Wildman–Crippen MR) is 89.1 cm³/mol. The Morgan fingerprint density at radius 1 is 1.36 bits per heavy atom. The number of nitrogens with zero attached hydrogens (tertiary/aromatic N) is 3. The third-order valence-electron chi connectivity index (χ3n) is 4.00. The van der Waals surface area contributed by atoms with E-state index in [1.54, 1.807) is 24.1 Å². The average Bonchev–Trinajstić information content (AvgIpc) is 2.43. The highest BCUT2D eigenvalue weighted by molar-refractivity contribution is 8.01. The largest absolute Gasteiger partial charge is 0.573 e. The molecule has 0 radical (unpaired) electrons. The van der Waals surface area contributed by atoms with Crippen LogP contribution in [0, 0.1) is 0 Å². The van der Waals surface area contributed by atoms with Crippen molar-refractivity contribution in [2.45, 2.75) is 42.3 Å². The molecule has 1 saturated heterocycles. The zero-order valence-electron chi connectivity index (χ0n) is 14.2. The zero-order valence-corrected chi connectivity index (χ0v) is 15.0. The van der Waals surface area contributed by atoms with Crippen molar-refractivity contribution in [3.63, 3.8) is 0 Å². The smallest absolute Gasteiger partial charge is 0.406 e. The maximum absolute atomic E-state index is 12.9. The second-order valence-corrected chi connectivity index (χ2v) is 7.91. The molecule has 0 bridgehead atoms. The molecule has 9 heteroatoms. The van der Waals surface area contributed by atoms with Crippen molar-refractivity contribution in [2.75, 3.05) is 14.1 Å². The van der Waals surface area contributed by atoms with E-state index in [4.69, 9.17) is 0 Å². The standard InChI is InChI=1S/C16H18F3N3O2S/c1-15(2)8-11-13(14(23)22(15)21(3)4)25-12-7-9(24-16(17,18)19)5-6-10(12)20-11/h5-7,13H,8H2,1-4H3. The minimum Gasteiger partial charge on any atom is -0.406 e. The quantitative estimate of drug-likeness (QED) is 0.794. The van der Waals surface area contributed by atoms with Crippen LogP contribution in [0.1, 0.15) is 20.3 Å². The number of aliphatic imine (C=N–C) groups is 1. The molecule has 5 nitrogen and oxygen atoms in total. The summed E-state index contributed by atoms with van der Waals surface area (Å²) in [6, 6.07) is 4.00. The van der Waals surface area contributed by atoms with Gasteiger partial charge in [0, 0.05) is 31.1 Å². The van der Waals surface area contributed by atoms with Crippen LogP contribution in [0.4, 0.5) is 18.9 Å². The van der Waals surface area contributed by atoms with Gasteiger partial charge in [-0.25, -0.2) is 5.01 Å². The number of hydrogen-bond donors (Lipinski definition) is 0. The van der Waals surface area contributed by atoms with E-state index in [-0.39, 0.29) is 11.7 Å². The molecule has 3 rings (SSSR count). The van der Waals surface area contributed by atoms with Crippen LogP contribution in [-0.2, 0) is 4.79 Å². The highest BCUT2D eigenvalue weighted by atomic mass is 32.2. The lowest BCUT2D eigenvalue weighted by Crippen LogP contribution is -2.63. The monoisotopic (exact) mass is 373 g/mol. The Balaban J connectivity index is 1.96. The third kappa shape index (κ3) is 3.48. The second kappa shape index (κ2) is 5.91. The van der Waals surface area contributed by atoms with Gasteiger partial charge in [0.15, 0.2) is 0 Å². The van der Waals surface area contributed by atoms with Crippen molar-refractivity contribution in [1.82, 2.24) is 10.0 Å². The van der Waals surface area contributed by atoms with E-state index in [2.05, 4.69) is 9.73 Å². The first-order valence-electron chi connectivity index (χ1n) is 7.63. The Morgan fingerprint density at radius 2 is 2.04 bits per heavy atom. The normalized spacial score (nSPS) is 22.4. The fourth-order valence-electron chi connectivity index (χ4n) is 3.28. The molecule has 1 unspecified atom stereocenters.